The van der Waals surface area contributed by atoms with Crippen LogP contribution in [0.3, 0.4) is 0 Å². The van der Waals surface area contributed by atoms with Gasteiger partial charge >= 0.3 is 0 Å². The minimum absolute atomic E-state index is 0.219. The van der Waals surface area contributed by atoms with Crippen molar-refractivity contribution in [2.75, 3.05) is 4.90 Å². The summed E-state index contributed by atoms with van der Waals surface area (Å²) in [5.41, 5.74) is 5.55. The van der Waals surface area contributed by atoms with Gasteiger partial charge in [0, 0.05) is 15.6 Å². The summed E-state index contributed by atoms with van der Waals surface area (Å²) < 4.78 is 0.757. The van der Waals surface area contributed by atoms with Crippen molar-refractivity contribution in [1.82, 2.24) is 0 Å². The van der Waals surface area contributed by atoms with Gasteiger partial charge in [-0.1, -0.05) is 51.8 Å². The van der Waals surface area contributed by atoms with Crippen LogP contribution >= 0.6 is 15.9 Å². The van der Waals surface area contributed by atoms with Crippen LogP contribution < -0.4 is 4.90 Å². The molecule has 5 heteroatoms. The van der Waals surface area contributed by atoms with Gasteiger partial charge < -0.3 is 10.0 Å². The van der Waals surface area contributed by atoms with E-state index < -0.39 is 11.5 Å². The van der Waals surface area contributed by atoms with E-state index in [9.17, 15) is 14.7 Å². The third-order valence-electron chi connectivity index (χ3n) is 7.21. The number of aryl methyl sites for hydroxylation is 4. The summed E-state index contributed by atoms with van der Waals surface area (Å²) in [5.74, 6) is -0.671. The van der Waals surface area contributed by atoms with E-state index >= 15 is 0 Å². The number of nitrogens with zero attached hydrogens (tertiary/aromatic N) is 1. The van der Waals surface area contributed by atoms with Crippen molar-refractivity contribution in [3.8, 4) is 0 Å². The molecule has 0 bridgehead atoms. The summed E-state index contributed by atoms with van der Waals surface area (Å²) in [5, 5.41) is 11.7. The van der Waals surface area contributed by atoms with Crippen LogP contribution in [0, 0.1) is 13.8 Å². The molecule has 2 aliphatic rings. The molecule has 0 spiro atoms. The molecule has 3 aromatic rings. The first kappa shape index (κ1) is 23.0. The van der Waals surface area contributed by atoms with Gasteiger partial charge in [0.15, 0.2) is 11.4 Å². The smallest absolute Gasteiger partial charge is 0.264 e. The number of rotatable bonds is 5. The zero-order chi connectivity index (χ0) is 24.0. The molecule has 0 aromatic heterocycles. The molecular formula is C29H28BrNO3. The summed E-state index contributed by atoms with van der Waals surface area (Å²) in [7, 11) is 0. The highest BCUT2D eigenvalue weighted by atomic mass is 79.9. The van der Waals surface area contributed by atoms with Crippen molar-refractivity contribution in [3.63, 3.8) is 0 Å². The summed E-state index contributed by atoms with van der Waals surface area (Å²) in [6, 6.07) is 17.4. The number of ketones is 1. The monoisotopic (exact) mass is 517 g/mol. The minimum atomic E-state index is -1.90. The predicted molar refractivity (Wildman–Crippen MR) is 137 cm³/mol. The number of benzene rings is 3. The number of amides is 1. The zero-order valence-electron chi connectivity index (χ0n) is 19.5. The second kappa shape index (κ2) is 8.79. The van der Waals surface area contributed by atoms with E-state index in [1.165, 1.54) is 17.5 Å². The van der Waals surface area contributed by atoms with E-state index in [0.717, 1.165) is 40.4 Å². The molecule has 1 heterocycles. The van der Waals surface area contributed by atoms with Crippen molar-refractivity contribution in [3.05, 3.63) is 98.0 Å². The highest BCUT2D eigenvalue weighted by Gasteiger charge is 2.51. The molecule has 3 aromatic carbocycles. The van der Waals surface area contributed by atoms with Crippen molar-refractivity contribution >= 4 is 33.3 Å². The van der Waals surface area contributed by atoms with Gasteiger partial charge in [-0.3, -0.25) is 9.59 Å². The Morgan fingerprint density at radius 1 is 1.00 bits per heavy atom. The van der Waals surface area contributed by atoms with Crippen molar-refractivity contribution < 1.29 is 14.7 Å². The van der Waals surface area contributed by atoms with Crippen LogP contribution in [0.1, 0.15) is 63.0 Å². The van der Waals surface area contributed by atoms with Gasteiger partial charge in [-0.05, 0) is 86.1 Å². The normalized spacial score (nSPS) is 19.2. The molecule has 174 valence electrons. The fraction of sp³-hybridized carbons (Fsp3) is 0.310. The lowest BCUT2D eigenvalue weighted by atomic mass is 9.85. The maximum atomic E-state index is 13.7. The number of anilines is 1. The first-order valence-corrected chi connectivity index (χ1v) is 12.6. The number of hydrogen-bond acceptors (Lipinski definition) is 3. The van der Waals surface area contributed by atoms with Crippen molar-refractivity contribution in [2.45, 2.75) is 58.1 Å². The second-order valence-electron chi connectivity index (χ2n) is 9.63. The van der Waals surface area contributed by atoms with Gasteiger partial charge in [-0.15, -0.1) is 0 Å². The van der Waals surface area contributed by atoms with Gasteiger partial charge in [0.2, 0.25) is 0 Å². The number of aliphatic hydroxyl groups is 1. The van der Waals surface area contributed by atoms with Gasteiger partial charge in [0.05, 0.1) is 18.7 Å². The zero-order valence-corrected chi connectivity index (χ0v) is 21.1. The van der Waals surface area contributed by atoms with Crippen LogP contribution in [0.25, 0.3) is 0 Å². The van der Waals surface area contributed by atoms with Crippen LogP contribution in [-0.4, -0.2) is 16.8 Å². The highest BCUT2D eigenvalue weighted by molar-refractivity contribution is 9.10. The quantitative estimate of drug-likeness (QED) is 0.425. The molecule has 0 saturated heterocycles. The van der Waals surface area contributed by atoms with Crippen LogP contribution in [0.2, 0.25) is 0 Å². The van der Waals surface area contributed by atoms with Gasteiger partial charge in [-0.2, -0.15) is 0 Å². The van der Waals surface area contributed by atoms with Crippen molar-refractivity contribution in [1.29, 1.82) is 0 Å². The lowest BCUT2D eigenvalue weighted by molar-refractivity contribution is -0.136. The fourth-order valence-corrected chi connectivity index (χ4v) is 5.65. The molecule has 0 fully saturated rings. The Kier molecular flexibility index (Phi) is 5.95. The second-order valence-corrected chi connectivity index (χ2v) is 10.5. The topological polar surface area (TPSA) is 57.6 Å². The Hall–Kier alpha value is -2.76. The molecule has 1 amide bonds. The minimum Gasteiger partial charge on any atom is -0.375 e. The molecule has 4 nitrogen and oxygen atoms in total. The largest absolute Gasteiger partial charge is 0.375 e. The maximum Gasteiger partial charge on any atom is 0.264 e. The number of carbonyl (C=O) groups excluding carboxylic acids is 2. The van der Waals surface area contributed by atoms with Gasteiger partial charge in [0.25, 0.3) is 5.91 Å². The molecule has 0 radical (unpaired) electrons. The van der Waals surface area contributed by atoms with Crippen LogP contribution in [0.15, 0.2) is 59.1 Å². The molecule has 5 rings (SSSR count). The average molecular weight is 518 g/mol. The highest BCUT2D eigenvalue weighted by Crippen LogP contribution is 2.45. The first-order valence-electron chi connectivity index (χ1n) is 11.8. The predicted octanol–water partition coefficient (Wildman–Crippen LogP) is 5.95. The van der Waals surface area contributed by atoms with Crippen LogP contribution in [-0.2, 0) is 29.8 Å². The van der Waals surface area contributed by atoms with E-state index in [1.807, 2.05) is 56.3 Å². The Balaban J connectivity index is 1.48. The molecule has 1 N–H and O–H groups in total. The number of carbonyl (C=O) groups is 2. The molecular weight excluding hydrogens is 490 g/mol. The van der Waals surface area contributed by atoms with E-state index in [-0.39, 0.29) is 12.2 Å². The van der Waals surface area contributed by atoms with E-state index in [4.69, 9.17) is 0 Å². The number of halogens is 1. The van der Waals surface area contributed by atoms with E-state index in [0.29, 0.717) is 23.4 Å². The lowest BCUT2D eigenvalue weighted by Crippen LogP contribution is -2.41. The lowest BCUT2D eigenvalue weighted by Gasteiger charge is -2.24. The summed E-state index contributed by atoms with van der Waals surface area (Å²) >= 11 is 3.47. The third kappa shape index (κ3) is 4.01. The van der Waals surface area contributed by atoms with Crippen LogP contribution in [0.5, 0.6) is 0 Å². The van der Waals surface area contributed by atoms with Gasteiger partial charge in [-0.25, -0.2) is 0 Å². The van der Waals surface area contributed by atoms with Crippen LogP contribution in [0.4, 0.5) is 5.69 Å². The Bertz CT molecular complexity index is 1310. The Morgan fingerprint density at radius 2 is 1.76 bits per heavy atom. The molecule has 34 heavy (non-hydrogen) atoms. The summed E-state index contributed by atoms with van der Waals surface area (Å²) in [6.45, 7) is 4.40. The molecule has 1 unspecified atom stereocenters. The maximum absolute atomic E-state index is 13.7. The Labute approximate surface area is 208 Å². The molecule has 1 atom stereocenters. The van der Waals surface area contributed by atoms with Gasteiger partial charge in [0.1, 0.15) is 0 Å². The average Bonchev–Trinajstić information content (AvgIpc) is 3.01. The SMILES string of the molecule is Cc1ccc(CN2C(=O)C(O)(CC(=O)c3ccc4c(c3)CCCC4)c3cc(Br)ccc32)c(C)c1. The third-order valence-corrected chi connectivity index (χ3v) is 7.70. The van der Waals surface area contributed by atoms with E-state index in [2.05, 4.69) is 22.0 Å². The first-order chi connectivity index (χ1) is 16.3. The molecule has 0 saturated carbocycles. The number of hydrogen-bond donors (Lipinski definition) is 1. The van der Waals surface area contributed by atoms with E-state index in [1.54, 1.807) is 11.0 Å². The number of Topliss-reactive ketones (excluding diaryl/α,β-unsaturated/α-hetero) is 1. The Morgan fingerprint density at radius 3 is 2.53 bits per heavy atom. The summed E-state index contributed by atoms with van der Waals surface area (Å²) in [6.07, 6.45) is 4.04. The number of fused-ring (bicyclic) bond motifs is 2. The fourth-order valence-electron chi connectivity index (χ4n) is 5.29. The summed E-state index contributed by atoms with van der Waals surface area (Å²) in [4.78, 5) is 28.6. The van der Waals surface area contributed by atoms with Crippen molar-refractivity contribution in [2.24, 2.45) is 0 Å². The standard InChI is InChI=1S/C29H28BrNO3/c1-18-7-8-23(19(2)13-18)17-31-26-12-11-24(30)15-25(26)29(34,28(31)33)16-27(32)22-10-9-20-5-3-4-6-21(20)14-22/h7-15,34H,3-6,16-17H2,1-2H3. The molecule has 1 aliphatic heterocycles. The molecule has 1 aliphatic carbocycles.